The number of halogens is 3. The van der Waals surface area contributed by atoms with Crippen LogP contribution >= 0.6 is 46.1 Å². The minimum absolute atomic E-state index is 0.145. The molecule has 1 aliphatic rings. The van der Waals surface area contributed by atoms with Gasteiger partial charge in [0.15, 0.2) is 0 Å². The Kier molecular flexibility index (Phi) is 6.63. The van der Waals surface area contributed by atoms with Crippen LogP contribution in [0.1, 0.15) is 23.0 Å². The molecule has 1 aromatic heterocycles. The van der Waals surface area contributed by atoms with Gasteiger partial charge in [-0.15, -0.1) is 11.3 Å². The Bertz CT molecular complexity index is 1160. The third kappa shape index (κ3) is 4.48. The number of anilines is 2. The first-order chi connectivity index (χ1) is 14.9. The van der Waals surface area contributed by atoms with Crippen molar-refractivity contribution in [1.29, 1.82) is 0 Å². The number of thiophene rings is 1. The van der Waals surface area contributed by atoms with Crippen LogP contribution < -0.4 is 10.2 Å². The van der Waals surface area contributed by atoms with Crippen LogP contribution in [0.25, 0.3) is 10.1 Å². The van der Waals surface area contributed by atoms with Gasteiger partial charge in [0, 0.05) is 47.7 Å². The monoisotopic (exact) mass is 495 g/mol. The van der Waals surface area contributed by atoms with Crippen LogP contribution in [-0.4, -0.2) is 42.9 Å². The summed E-state index contributed by atoms with van der Waals surface area (Å²) in [4.78, 5) is 29.4. The highest BCUT2D eigenvalue weighted by molar-refractivity contribution is 7.21. The first-order valence-corrected chi connectivity index (χ1v) is 11.8. The smallest absolute Gasteiger partial charge is 0.267 e. The average Bonchev–Trinajstić information content (AvgIpc) is 3.09. The third-order valence-corrected chi connectivity index (χ3v) is 7.48. The number of piperazine rings is 1. The first kappa shape index (κ1) is 22.2. The van der Waals surface area contributed by atoms with Crippen LogP contribution in [-0.2, 0) is 4.79 Å². The molecule has 2 aromatic carbocycles. The Labute approximate surface area is 199 Å². The van der Waals surface area contributed by atoms with E-state index in [-0.39, 0.29) is 11.8 Å². The van der Waals surface area contributed by atoms with E-state index in [9.17, 15) is 9.59 Å². The largest absolute Gasteiger partial charge is 0.365 e. The highest BCUT2D eigenvalue weighted by Crippen LogP contribution is 2.39. The highest BCUT2D eigenvalue weighted by atomic mass is 35.5. The molecule has 162 valence electrons. The third-order valence-electron chi connectivity index (χ3n) is 5.28. The molecule has 0 saturated carbocycles. The van der Waals surface area contributed by atoms with Gasteiger partial charge in [0.1, 0.15) is 4.88 Å². The maximum absolute atomic E-state index is 13.1. The fourth-order valence-corrected chi connectivity index (χ4v) is 5.69. The van der Waals surface area contributed by atoms with E-state index in [4.69, 9.17) is 34.8 Å². The van der Waals surface area contributed by atoms with E-state index >= 15 is 0 Å². The molecule has 2 amide bonds. The molecule has 0 bridgehead atoms. The lowest BCUT2D eigenvalue weighted by atomic mass is 10.2. The Hall–Kier alpha value is -1.99. The number of hydrogen-bond donors (Lipinski definition) is 1. The van der Waals surface area contributed by atoms with Crippen molar-refractivity contribution in [2.75, 3.05) is 36.4 Å². The van der Waals surface area contributed by atoms with Crippen molar-refractivity contribution in [3.8, 4) is 0 Å². The normalized spacial score (nSPS) is 14.2. The number of fused-ring (bicyclic) bond motifs is 1. The van der Waals surface area contributed by atoms with E-state index < -0.39 is 0 Å². The summed E-state index contributed by atoms with van der Waals surface area (Å²) < 4.78 is 0.852. The van der Waals surface area contributed by atoms with E-state index in [2.05, 4.69) is 10.2 Å². The van der Waals surface area contributed by atoms with Gasteiger partial charge in [0.2, 0.25) is 5.91 Å². The number of carbonyl (C=O) groups excluding carboxylic acids is 2. The summed E-state index contributed by atoms with van der Waals surface area (Å²) in [5, 5.41) is 5.31. The van der Waals surface area contributed by atoms with Gasteiger partial charge < -0.3 is 15.1 Å². The maximum atomic E-state index is 13.1. The standard InChI is InChI=1S/C22H20Cl3N3O2S/c1-2-18(29)27-8-10-28(11-9-27)20-15(24)4-3-5-16(20)26-22(30)21-19(25)14-7-6-13(23)12-17(14)31-21/h3-7,12H,2,8-11H2,1H3,(H,26,30). The van der Waals surface area contributed by atoms with E-state index in [1.165, 1.54) is 11.3 Å². The molecule has 31 heavy (non-hydrogen) atoms. The fraction of sp³-hybridized carbons (Fsp3) is 0.273. The maximum Gasteiger partial charge on any atom is 0.267 e. The van der Waals surface area contributed by atoms with Gasteiger partial charge in [0.25, 0.3) is 5.91 Å². The predicted octanol–water partition coefficient (Wildman–Crippen LogP) is 6.17. The summed E-state index contributed by atoms with van der Waals surface area (Å²) in [5.41, 5.74) is 1.36. The van der Waals surface area contributed by atoms with E-state index in [1.54, 1.807) is 24.3 Å². The zero-order valence-electron chi connectivity index (χ0n) is 16.8. The summed E-state index contributed by atoms with van der Waals surface area (Å²) in [5.74, 6) is -0.155. The molecule has 3 aromatic rings. The molecule has 0 spiro atoms. The number of para-hydroxylation sites is 1. The van der Waals surface area contributed by atoms with Gasteiger partial charge >= 0.3 is 0 Å². The van der Waals surface area contributed by atoms with Crippen LogP contribution in [0, 0.1) is 0 Å². The van der Waals surface area contributed by atoms with Crippen LogP contribution in [0.4, 0.5) is 11.4 Å². The molecular formula is C22H20Cl3N3O2S. The van der Waals surface area contributed by atoms with Crippen molar-refractivity contribution in [3.63, 3.8) is 0 Å². The summed E-state index contributed by atoms with van der Waals surface area (Å²) in [6.07, 6.45) is 0.495. The van der Waals surface area contributed by atoms with Crippen molar-refractivity contribution in [2.45, 2.75) is 13.3 Å². The number of hydrogen-bond acceptors (Lipinski definition) is 4. The summed E-state index contributed by atoms with van der Waals surface area (Å²) >= 11 is 20.4. The molecule has 1 fully saturated rings. The van der Waals surface area contributed by atoms with Gasteiger partial charge in [0.05, 0.1) is 21.4 Å². The Morgan fingerprint density at radius 2 is 1.81 bits per heavy atom. The molecule has 1 aliphatic heterocycles. The molecule has 5 nitrogen and oxygen atoms in total. The molecule has 0 aliphatic carbocycles. The topological polar surface area (TPSA) is 52.7 Å². The molecule has 1 N–H and O–H groups in total. The summed E-state index contributed by atoms with van der Waals surface area (Å²) in [7, 11) is 0. The molecule has 1 saturated heterocycles. The number of nitrogens with zero attached hydrogens (tertiary/aromatic N) is 2. The molecule has 4 rings (SSSR count). The number of carbonyl (C=O) groups is 2. The quantitative estimate of drug-likeness (QED) is 0.470. The van der Waals surface area contributed by atoms with Crippen molar-refractivity contribution >= 4 is 79.4 Å². The average molecular weight is 497 g/mol. The molecular weight excluding hydrogens is 477 g/mol. The van der Waals surface area contributed by atoms with Gasteiger partial charge in [-0.2, -0.15) is 0 Å². The van der Waals surface area contributed by atoms with E-state index in [0.29, 0.717) is 58.2 Å². The first-order valence-electron chi connectivity index (χ1n) is 9.89. The van der Waals surface area contributed by atoms with Crippen molar-refractivity contribution in [1.82, 2.24) is 4.90 Å². The van der Waals surface area contributed by atoms with Gasteiger partial charge in [-0.3, -0.25) is 9.59 Å². The second kappa shape index (κ2) is 9.25. The van der Waals surface area contributed by atoms with Crippen LogP contribution in [0.2, 0.25) is 15.1 Å². The van der Waals surface area contributed by atoms with Crippen LogP contribution in [0.3, 0.4) is 0 Å². The predicted molar refractivity (Wildman–Crippen MR) is 130 cm³/mol. The Balaban J connectivity index is 1.59. The lowest BCUT2D eigenvalue weighted by molar-refractivity contribution is -0.131. The van der Waals surface area contributed by atoms with Gasteiger partial charge in [-0.1, -0.05) is 53.9 Å². The second-order valence-corrected chi connectivity index (χ2v) is 9.47. The lowest BCUT2D eigenvalue weighted by Gasteiger charge is -2.37. The molecule has 0 unspecified atom stereocenters. The van der Waals surface area contributed by atoms with Crippen molar-refractivity contribution in [3.05, 3.63) is 56.3 Å². The van der Waals surface area contributed by atoms with Gasteiger partial charge in [-0.05, 0) is 24.3 Å². The number of nitrogens with one attached hydrogen (secondary N) is 1. The number of amides is 2. The highest BCUT2D eigenvalue weighted by Gasteiger charge is 2.25. The molecule has 0 radical (unpaired) electrons. The van der Waals surface area contributed by atoms with Crippen LogP contribution in [0.15, 0.2) is 36.4 Å². The Morgan fingerprint density at radius 1 is 1.06 bits per heavy atom. The molecule has 9 heteroatoms. The fourth-order valence-electron chi connectivity index (χ4n) is 3.70. The Morgan fingerprint density at radius 3 is 2.52 bits per heavy atom. The van der Waals surface area contributed by atoms with Crippen molar-refractivity contribution in [2.24, 2.45) is 0 Å². The van der Waals surface area contributed by atoms with E-state index in [1.807, 2.05) is 24.0 Å². The zero-order chi connectivity index (χ0) is 22.1. The lowest BCUT2D eigenvalue weighted by Crippen LogP contribution is -2.48. The van der Waals surface area contributed by atoms with Crippen LogP contribution in [0.5, 0.6) is 0 Å². The minimum atomic E-state index is -0.300. The molecule has 0 atom stereocenters. The second-order valence-electron chi connectivity index (χ2n) is 7.20. The van der Waals surface area contributed by atoms with Gasteiger partial charge in [-0.25, -0.2) is 0 Å². The van der Waals surface area contributed by atoms with E-state index in [0.717, 1.165) is 15.8 Å². The molecule has 2 heterocycles. The van der Waals surface area contributed by atoms with Crippen molar-refractivity contribution < 1.29 is 9.59 Å². The minimum Gasteiger partial charge on any atom is -0.365 e. The number of rotatable bonds is 4. The SMILES string of the molecule is CCC(=O)N1CCN(c2c(Cl)cccc2NC(=O)c2sc3cc(Cl)ccc3c2Cl)CC1. The zero-order valence-corrected chi connectivity index (χ0v) is 19.8. The summed E-state index contributed by atoms with van der Waals surface area (Å²) in [6, 6.07) is 10.8. The number of benzene rings is 2. The summed E-state index contributed by atoms with van der Waals surface area (Å²) in [6.45, 7) is 4.38.